The Bertz CT molecular complexity index is 822. The minimum absolute atomic E-state index is 0.274. The summed E-state index contributed by atoms with van der Waals surface area (Å²) in [5, 5.41) is 10.5. The first-order valence-corrected chi connectivity index (χ1v) is 8.50. The first-order chi connectivity index (χ1) is 11.2. The normalized spacial score (nSPS) is 16.1. The highest BCUT2D eigenvalue weighted by Gasteiger charge is 2.15. The number of rotatable bonds is 2. The first kappa shape index (κ1) is 14.4. The average molecular weight is 326 g/mol. The van der Waals surface area contributed by atoms with Gasteiger partial charge in [0, 0.05) is 37.9 Å². The Morgan fingerprint density at radius 3 is 2.65 bits per heavy atom. The van der Waals surface area contributed by atoms with Crippen LogP contribution in [0.2, 0.25) is 0 Å². The summed E-state index contributed by atoms with van der Waals surface area (Å²) in [7, 11) is 2.15. The maximum absolute atomic E-state index is 9.57. The van der Waals surface area contributed by atoms with Gasteiger partial charge in [0.15, 0.2) is 0 Å². The molecule has 0 aliphatic carbocycles. The number of pyridine rings is 1. The van der Waals surface area contributed by atoms with Crippen molar-refractivity contribution in [2.45, 2.75) is 0 Å². The van der Waals surface area contributed by atoms with Gasteiger partial charge in [-0.15, -0.1) is 11.3 Å². The monoisotopic (exact) mass is 326 g/mol. The van der Waals surface area contributed by atoms with Crippen LogP contribution in [0.4, 0.5) is 5.82 Å². The Labute approximate surface area is 138 Å². The average Bonchev–Trinajstić information content (AvgIpc) is 2.99. The third kappa shape index (κ3) is 2.87. The molecule has 3 heterocycles. The van der Waals surface area contributed by atoms with Gasteiger partial charge >= 0.3 is 0 Å². The predicted octanol–water partition coefficient (Wildman–Crippen LogP) is 2.82. The van der Waals surface area contributed by atoms with E-state index in [1.165, 1.54) is 0 Å². The van der Waals surface area contributed by atoms with Gasteiger partial charge < -0.3 is 14.9 Å². The summed E-state index contributed by atoms with van der Waals surface area (Å²) < 4.78 is 0.989. The quantitative estimate of drug-likeness (QED) is 0.785. The number of piperazine rings is 1. The van der Waals surface area contributed by atoms with Crippen LogP contribution in [0.3, 0.4) is 0 Å². The second kappa shape index (κ2) is 5.79. The van der Waals surface area contributed by atoms with Crippen molar-refractivity contribution in [1.29, 1.82) is 0 Å². The fraction of sp³-hybridized carbons (Fsp3) is 0.294. The lowest BCUT2D eigenvalue weighted by Crippen LogP contribution is -2.44. The van der Waals surface area contributed by atoms with Crippen LogP contribution in [-0.2, 0) is 0 Å². The number of nitrogens with zero attached hydrogens (tertiary/aromatic N) is 4. The van der Waals surface area contributed by atoms with E-state index in [4.69, 9.17) is 0 Å². The molecule has 0 unspecified atom stereocenters. The van der Waals surface area contributed by atoms with Gasteiger partial charge in [-0.25, -0.2) is 9.97 Å². The Morgan fingerprint density at radius 1 is 1.09 bits per heavy atom. The zero-order valence-corrected chi connectivity index (χ0v) is 13.8. The van der Waals surface area contributed by atoms with Crippen LogP contribution in [0.5, 0.6) is 5.75 Å². The number of hydrogen-bond donors (Lipinski definition) is 1. The molecule has 1 aliphatic heterocycles. The number of thiazole rings is 1. The SMILES string of the molecule is CN1CCN(c2ccc(-c3nc4ccc(O)cc4s3)cn2)CC1. The van der Waals surface area contributed by atoms with Crippen molar-refractivity contribution in [3.63, 3.8) is 0 Å². The van der Waals surface area contributed by atoms with Crippen molar-refractivity contribution >= 4 is 27.4 Å². The molecule has 5 nitrogen and oxygen atoms in total. The summed E-state index contributed by atoms with van der Waals surface area (Å²) in [6.07, 6.45) is 1.89. The maximum Gasteiger partial charge on any atom is 0.128 e. The van der Waals surface area contributed by atoms with E-state index in [0.717, 1.165) is 52.8 Å². The Hall–Kier alpha value is -2.18. The number of aromatic nitrogens is 2. The van der Waals surface area contributed by atoms with E-state index in [2.05, 4.69) is 38.9 Å². The van der Waals surface area contributed by atoms with E-state index in [1.807, 2.05) is 12.3 Å². The zero-order chi connectivity index (χ0) is 15.8. The molecule has 1 aliphatic rings. The van der Waals surface area contributed by atoms with Gasteiger partial charge in [-0.2, -0.15) is 0 Å². The summed E-state index contributed by atoms with van der Waals surface area (Å²) >= 11 is 1.57. The molecular weight excluding hydrogens is 308 g/mol. The van der Waals surface area contributed by atoms with Crippen LogP contribution in [0.25, 0.3) is 20.8 Å². The lowest BCUT2D eigenvalue weighted by molar-refractivity contribution is 0.312. The van der Waals surface area contributed by atoms with Crippen molar-refractivity contribution in [3.8, 4) is 16.3 Å². The lowest BCUT2D eigenvalue weighted by atomic mass is 10.2. The number of aromatic hydroxyl groups is 1. The third-order valence-electron chi connectivity index (χ3n) is 4.19. The van der Waals surface area contributed by atoms with E-state index in [0.29, 0.717) is 0 Å². The van der Waals surface area contributed by atoms with Gasteiger partial charge in [0.05, 0.1) is 10.2 Å². The van der Waals surface area contributed by atoms with Crippen LogP contribution >= 0.6 is 11.3 Å². The summed E-state index contributed by atoms with van der Waals surface area (Å²) in [5.41, 5.74) is 1.93. The molecular formula is C17H18N4OS. The molecule has 0 atom stereocenters. The molecule has 1 aromatic carbocycles. The molecule has 2 aromatic heterocycles. The van der Waals surface area contributed by atoms with Crippen LogP contribution in [0.1, 0.15) is 0 Å². The fourth-order valence-corrected chi connectivity index (χ4v) is 3.76. The smallest absolute Gasteiger partial charge is 0.128 e. The molecule has 1 fully saturated rings. The van der Waals surface area contributed by atoms with Crippen molar-refractivity contribution in [3.05, 3.63) is 36.5 Å². The topological polar surface area (TPSA) is 52.5 Å². The van der Waals surface area contributed by atoms with E-state index in [-0.39, 0.29) is 5.75 Å². The van der Waals surface area contributed by atoms with Crippen molar-refractivity contribution in [2.24, 2.45) is 0 Å². The van der Waals surface area contributed by atoms with Crippen LogP contribution in [0.15, 0.2) is 36.5 Å². The number of benzene rings is 1. The molecule has 0 saturated carbocycles. The number of fused-ring (bicyclic) bond motifs is 1. The number of hydrogen-bond acceptors (Lipinski definition) is 6. The highest BCUT2D eigenvalue weighted by Crippen LogP contribution is 2.32. The largest absolute Gasteiger partial charge is 0.508 e. The van der Waals surface area contributed by atoms with Crippen molar-refractivity contribution in [1.82, 2.24) is 14.9 Å². The van der Waals surface area contributed by atoms with Crippen molar-refractivity contribution in [2.75, 3.05) is 38.1 Å². The van der Waals surface area contributed by atoms with Gasteiger partial charge in [0.25, 0.3) is 0 Å². The minimum atomic E-state index is 0.274. The number of likely N-dealkylation sites (N-methyl/N-ethyl adjacent to an activating group) is 1. The fourth-order valence-electron chi connectivity index (χ4n) is 2.77. The van der Waals surface area contributed by atoms with Gasteiger partial charge in [-0.05, 0) is 37.4 Å². The van der Waals surface area contributed by atoms with Gasteiger partial charge in [-0.3, -0.25) is 0 Å². The van der Waals surface area contributed by atoms with E-state index in [9.17, 15) is 5.11 Å². The standard InChI is InChI=1S/C17H18N4OS/c1-20-6-8-21(9-7-20)16-5-2-12(11-18-16)17-19-14-4-3-13(22)10-15(14)23-17/h2-5,10-11,22H,6-9H2,1H3. The summed E-state index contributed by atoms with van der Waals surface area (Å²) in [6.45, 7) is 4.18. The number of anilines is 1. The summed E-state index contributed by atoms with van der Waals surface area (Å²) in [4.78, 5) is 13.9. The Morgan fingerprint density at radius 2 is 1.91 bits per heavy atom. The number of phenols is 1. The first-order valence-electron chi connectivity index (χ1n) is 7.68. The molecule has 4 rings (SSSR count). The van der Waals surface area contributed by atoms with E-state index < -0.39 is 0 Å². The maximum atomic E-state index is 9.57. The highest BCUT2D eigenvalue weighted by atomic mass is 32.1. The number of phenolic OH excluding ortho intramolecular Hbond substituents is 1. The second-order valence-corrected chi connectivity index (χ2v) is 6.90. The molecule has 0 amide bonds. The van der Waals surface area contributed by atoms with E-state index in [1.54, 1.807) is 23.5 Å². The molecule has 1 N–H and O–H groups in total. The van der Waals surface area contributed by atoms with Crippen LogP contribution < -0.4 is 4.90 Å². The Balaban J connectivity index is 1.59. The molecule has 0 bridgehead atoms. The third-order valence-corrected chi connectivity index (χ3v) is 5.26. The molecule has 3 aromatic rings. The van der Waals surface area contributed by atoms with Crippen molar-refractivity contribution < 1.29 is 5.11 Å². The minimum Gasteiger partial charge on any atom is -0.508 e. The van der Waals surface area contributed by atoms with Gasteiger partial charge in [0.1, 0.15) is 16.6 Å². The molecule has 1 saturated heterocycles. The molecule has 118 valence electrons. The molecule has 0 radical (unpaired) electrons. The van der Waals surface area contributed by atoms with Gasteiger partial charge in [0.2, 0.25) is 0 Å². The van der Waals surface area contributed by atoms with Gasteiger partial charge in [-0.1, -0.05) is 0 Å². The van der Waals surface area contributed by atoms with E-state index >= 15 is 0 Å². The summed E-state index contributed by atoms with van der Waals surface area (Å²) in [5.74, 6) is 1.30. The van der Waals surface area contributed by atoms with Crippen LogP contribution in [-0.4, -0.2) is 53.2 Å². The zero-order valence-electron chi connectivity index (χ0n) is 12.9. The second-order valence-electron chi connectivity index (χ2n) is 5.87. The van der Waals surface area contributed by atoms with Crippen LogP contribution in [0, 0.1) is 0 Å². The predicted molar refractivity (Wildman–Crippen MR) is 94.2 cm³/mol. The molecule has 0 spiro atoms. The summed E-state index contributed by atoms with van der Waals surface area (Å²) in [6, 6.07) is 9.42. The lowest BCUT2D eigenvalue weighted by Gasteiger charge is -2.33. The molecule has 6 heteroatoms. The Kier molecular flexibility index (Phi) is 3.63. The molecule has 23 heavy (non-hydrogen) atoms. The highest BCUT2D eigenvalue weighted by molar-refractivity contribution is 7.21.